The van der Waals surface area contributed by atoms with Gasteiger partial charge in [-0.25, -0.2) is 4.79 Å². The first kappa shape index (κ1) is 22.1. The summed E-state index contributed by atoms with van der Waals surface area (Å²) in [4.78, 5) is 11.2. The Morgan fingerprint density at radius 3 is 2.03 bits per heavy atom. The maximum Gasteiger partial charge on any atom is 0.335 e. The summed E-state index contributed by atoms with van der Waals surface area (Å²) >= 11 is 0. The number of ether oxygens (including phenoxy) is 1. The third-order valence-corrected chi connectivity index (χ3v) is 6.91. The Morgan fingerprint density at radius 1 is 0.812 bits per heavy atom. The summed E-state index contributed by atoms with van der Waals surface area (Å²) in [6.07, 6.45) is 2.36. The van der Waals surface area contributed by atoms with Crippen molar-refractivity contribution in [2.75, 3.05) is 6.61 Å². The summed E-state index contributed by atoms with van der Waals surface area (Å²) in [5.41, 5.74) is 7.71. The van der Waals surface area contributed by atoms with Gasteiger partial charge in [0.25, 0.3) is 0 Å². The van der Waals surface area contributed by atoms with Crippen LogP contribution in [0.3, 0.4) is 0 Å². The van der Waals surface area contributed by atoms with E-state index in [0.717, 1.165) is 28.0 Å². The number of benzene rings is 3. The first-order valence-electron chi connectivity index (χ1n) is 11.4. The Morgan fingerprint density at radius 2 is 1.41 bits per heavy atom. The Labute approximate surface area is 191 Å². The van der Waals surface area contributed by atoms with Crippen LogP contribution < -0.4 is 4.74 Å². The molecule has 0 unspecified atom stereocenters. The predicted octanol–water partition coefficient (Wildman–Crippen LogP) is 7.47. The van der Waals surface area contributed by atoms with E-state index in [-0.39, 0.29) is 10.8 Å². The second-order valence-corrected chi connectivity index (χ2v) is 10.1. The van der Waals surface area contributed by atoms with Crippen LogP contribution in [0.5, 0.6) is 5.75 Å². The van der Waals surface area contributed by atoms with Crippen LogP contribution in [0.1, 0.15) is 68.9 Å². The van der Waals surface area contributed by atoms with Gasteiger partial charge < -0.3 is 9.84 Å². The SMILES string of the molecule is CCOc1ccc(-c2ccc(C(=O)O)cc2)cc1-c1ccc2c(c1)C(C)(C)CCC2(C)C. The van der Waals surface area contributed by atoms with Crippen LogP contribution in [-0.2, 0) is 10.8 Å². The molecule has 0 bridgehead atoms. The van der Waals surface area contributed by atoms with Gasteiger partial charge in [0.15, 0.2) is 0 Å². The van der Waals surface area contributed by atoms with E-state index in [4.69, 9.17) is 4.74 Å². The molecule has 3 heteroatoms. The first-order chi connectivity index (χ1) is 15.1. The van der Waals surface area contributed by atoms with E-state index < -0.39 is 5.97 Å². The van der Waals surface area contributed by atoms with Crippen LogP contribution in [0, 0.1) is 0 Å². The Bertz CT molecular complexity index is 1150. The number of rotatable bonds is 5. The van der Waals surface area contributed by atoms with Gasteiger partial charge in [-0.15, -0.1) is 0 Å². The second kappa shape index (κ2) is 8.12. The van der Waals surface area contributed by atoms with Gasteiger partial charge in [-0.3, -0.25) is 0 Å². The lowest BCUT2D eigenvalue weighted by Gasteiger charge is -2.42. The fourth-order valence-corrected chi connectivity index (χ4v) is 4.78. The van der Waals surface area contributed by atoms with Crippen molar-refractivity contribution in [2.24, 2.45) is 0 Å². The molecule has 166 valence electrons. The van der Waals surface area contributed by atoms with Crippen LogP contribution in [0.2, 0.25) is 0 Å². The molecule has 4 rings (SSSR count). The molecule has 1 N–H and O–H groups in total. The summed E-state index contributed by atoms with van der Waals surface area (Å²) in [5, 5.41) is 9.19. The van der Waals surface area contributed by atoms with E-state index >= 15 is 0 Å². The zero-order valence-electron chi connectivity index (χ0n) is 19.7. The van der Waals surface area contributed by atoms with Crippen molar-refractivity contribution in [2.45, 2.75) is 58.3 Å². The highest BCUT2D eigenvalue weighted by Gasteiger charge is 2.37. The predicted molar refractivity (Wildman–Crippen MR) is 131 cm³/mol. The summed E-state index contributed by atoms with van der Waals surface area (Å²) in [6.45, 7) is 12.0. The lowest BCUT2D eigenvalue weighted by atomic mass is 9.63. The Kier molecular flexibility index (Phi) is 5.62. The molecule has 0 fully saturated rings. The smallest absolute Gasteiger partial charge is 0.335 e. The van der Waals surface area contributed by atoms with Gasteiger partial charge in [0, 0.05) is 5.56 Å². The molecule has 0 atom stereocenters. The molecular weight excluding hydrogens is 396 g/mol. The molecule has 3 aromatic carbocycles. The molecule has 0 heterocycles. The third-order valence-electron chi connectivity index (χ3n) is 6.91. The average Bonchev–Trinajstić information content (AvgIpc) is 2.77. The van der Waals surface area contributed by atoms with Gasteiger partial charge in [-0.05, 0) is 82.7 Å². The van der Waals surface area contributed by atoms with Crippen LogP contribution >= 0.6 is 0 Å². The normalized spacial score (nSPS) is 16.3. The molecule has 0 saturated heterocycles. The molecule has 3 nitrogen and oxygen atoms in total. The van der Waals surface area contributed by atoms with E-state index in [1.807, 2.05) is 31.2 Å². The maximum absolute atomic E-state index is 11.2. The molecule has 3 aromatic rings. The lowest BCUT2D eigenvalue weighted by Crippen LogP contribution is -2.33. The monoisotopic (exact) mass is 428 g/mol. The Hall–Kier alpha value is -3.07. The molecule has 0 aromatic heterocycles. The highest BCUT2D eigenvalue weighted by atomic mass is 16.5. The summed E-state index contributed by atoms with van der Waals surface area (Å²) < 4.78 is 5.99. The first-order valence-corrected chi connectivity index (χ1v) is 11.4. The summed E-state index contributed by atoms with van der Waals surface area (Å²) in [7, 11) is 0. The van der Waals surface area contributed by atoms with Gasteiger partial charge in [-0.1, -0.05) is 64.1 Å². The fourth-order valence-electron chi connectivity index (χ4n) is 4.78. The van der Waals surface area contributed by atoms with E-state index in [1.165, 1.54) is 24.0 Å². The van der Waals surface area contributed by atoms with Gasteiger partial charge in [0.05, 0.1) is 12.2 Å². The number of hydrogen-bond donors (Lipinski definition) is 1. The Balaban J connectivity index is 1.84. The molecule has 0 radical (unpaired) electrons. The van der Waals surface area contributed by atoms with Crippen molar-refractivity contribution in [3.63, 3.8) is 0 Å². The molecule has 0 amide bonds. The minimum atomic E-state index is -0.913. The van der Waals surface area contributed by atoms with Crippen molar-refractivity contribution in [1.29, 1.82) is 0 Å². The van der Waals surface area contributed by atoms with Gasteiger partial charge >= 0.3 is 5.97 Å². The largest absolute Gasteiger partial charge is 0.493 e. The zero-order chi connectivity index (χ0) is 23.1. The standard InChI is InChI=1S/C29H32O3/c1-6-32-26-14-12-21(19-7-9-20(10-8-19)27(30)31)17-23(26)22-11-13-24-25(18-22)29(4,5)16-15-28(24,2)3/h7-14,17-18H,6,15-16H2,1-5H3,(H,30,31). The van der Waals surface area contributed by atoms with Crippen LogP contribution in [0.25, 0.3) is 22.3 Å². The molecule has 32 heavy (non-hydrogen) atoms. The number of carboxylic acid groups (broad SMARTS) is 1. The van der Waals surface area contributed by atoms with Gasteiger partial charge in [0.1, 0.15) is 5.75 Å². The second-order valence-electron chi connectivity index (χ2n) is 10.1. The van der Waals surface area contributed by atoms with Crippen molar-refractivity contribution in [3.05, 3.63) is 77.4 Å². The molecular formula is C29H32O3. The molecule has 0 spiro atoms. The minimum absolute atomic E-state index is 0.136. The summed E-state index contributed by atoms with van der Waals surface area (Å²) in [5.74, 6) is -0.0465. The molecule has 0 aliphatic heterocycles. The number of carbonyl (C=O) groups is 1. The maximum atomic E-state index is 11.2. The van der Waals surface area contributed by atoms with Crippen LogP contribution in [0.4, 0.5) is 0 Å². The van der Waals surface area contributed by atoms with Gasteiger partial charge in [0.2, 0.25) is 0 Å². The lowest BCUT2D eigenvalue weighted by molar-refractivity contribution is 0.0697. The number of carboxylic acids is 1. The fraction of sp³-hybridized carbons (Fsp3) is 0.345. The van der Waals surface area contributed by atoms with Crippen molar-refractivity contribution >= 4 is 5.97 Å². The third kappa shape index (κ3) is 4.04. The summed E-state index contributed by atoms with van der Waals surface area (Å²) in [6, 6.07) is 20.1. The minimum Gasteiger partial charge on any atom is -0.493 e. The average molecular weight is 429 g/mol. The topological polar surface area (TPSA) is 46.5 Å². The van der Waals surface area contributed by atoms with E-state index in [0.29, 0.717) is 12.2 Å². The number of aromatic carboxylic acids is 1. The highest BCUT2D eigenvalue weighted by molar-refractivity contribution is 5.88. The van der Waals surface area contributed by atoms with E-state index in [2.05, 4.69) is 52.0 Å². The van der Waals surface area contributed by atoms with E-state index in [9.17, 15) is 9.90 Å². The zero-order valence-corrected chi connectivity index (χ0v) is 19.7. The van der Waals surface area contributed by atoms with E-state index in [1.54, 1.807) is 12.1 Å². The van der Waals surface area contributed by atoms with Crippen molar-refractivity contribution in [1.82, 2.24) is 0 Å². The molecule has 1 aliphatic rings. The van der Waals surface area contributed by atoms with Crippen LogP contribution in [0.15, 0.2) is 60.7 Å². The quantitative estimate of drug-likeness (QED) is 0.458. The van der Waals surface area contributed by atoms with Crippen molar-refractivity contribution < 1.29 is 14.6 Å². The van der Waals surface area contributed by atoms with Gasteiger partial charge in [-0.2, -0.15) is 0 Å². The molecule has 1 aliphatic carbocycles. The number of fused-ring (bicyclic) bond motifs is 1. The number of hydrogen-bond acceptors (Lipinski definition) is 2. The molecule has 0 saturated carbocycles. The van der Waals surface area contributed by atoms with Crippen LogP contribution in [-0.4, -0.2) is 17.7 Å². The van der Waals surface area contributed by atoms with Crippen molar-refractivity contribution in [3.8, 4) is 28.0 Å². The highest BCUT2D eigenvalue weighted by Crippen LogP contribution is 2.47.